The zero-order valence-corrected chi connectivity index (χ0v) is 11.5. The van der Waals surface area contributed by atoms with Gasteiger partial charge in [-0.1, -0.05) is 18.2 Å². The fourth-order valence-electron chi connectivity index (χ4n) is 2.23. The first kappa shape index (κ1) is 14.2. The van der Waals surface area contributed by atoms with Crippen LogP contribution in [-0.2, 0) is 11.8 Å². The van der Waals surface area contributed by atoms with Gasteiger partial charge in [-0.15, -0.1) is 11.3 Å². The summed E-state index contributed by atoms with van der Waals surface area (Å²) < 4.78 is 13.4. The Labute approximate surface area is 116 Å². The molecule has 0 aliphatic rings. The van der Waals surface area contributed by atoms with Gasteiger partial charge in [0.25, 0.3) is 0 Å². The molecule has 0 spiro atoms. The number of aryl methyl sites for hydroxylation is 1. The summed E-state index contributed by atoms with van der Waals surface area (Å²) in [5.74, 6) is -0.292. The Balaban J connectivity index is 2.21. The Morgan fingerprint density at radius 3 is 2.68 bits per heavy atom. The molecule has 0 aliphatic carbocycles. The van der Waals surface area contributed by atoms with Crippen LogP contribution in [0.4, 0.5) is 4.39 Å². The lowest BCUT2D eigenvalue weighted by atomic mass is 9.77. The molecule has 3 N–H and O–H groups in total. The topological polar surface area (TPSA) is 46.2 Å². The third-order valence-electron chi connectivity index (χ3n) is 3.56. The van der Waals surface area contributed by atoms with Crippen LogP contribution in [-0.4, -0.2) is 18.3 Å². The zero-order chi connectivity index (χ0) is 13.7. The highest BCUT2D eigenvalue weighted by molar-refractivity contribution is 7.09. The quantitative estimate of drug-likeness (QED) is 0.854. The number of benzene rings is 1. The van der Waals surface area contributed by atoms with Crippen LogP contribution >= 0.6 is 11.3 Å². The van der Waals surface area contributed by atoms with E-state index in [2.05, 4.69) is 6.07 Å². The van der Waals surface area contributed by atoms with Crippen molar-refractivity contribution in [3.05, 3.63) is 58.0 Å². The minimum absolute atomic E-state index is 0.0711. The lowest BCUT2D eigenvalue weighted by Crippen LogP contribution is -2.39. The van der Waals surface area contributed by atoms with Crippen molar-refractivity contribution in [3.8, 4) is 0 Å². The van der Waals surface area contributed by atoms with Gasteiger partial charge in [-0.3, -0.25) is 0 Å². The molecule has 1 heterocycles. The summed E-state index contributed by atoms with van der Waals surface area (Å²) in [5, 5.41) is 11.8. The van der Waals surface area contributed by atoms with Crippen molar-refractivity contribution in [2.45, 2.75) is 18.3 Å². The molecule has 0 aliphatic heterocycles. The van der Waals surface area contributed by atoms with Gasteiger partial charge in [0, 0.05) is 16.8 Å². The molecule has 1 aromatic heterocycles. The van der Waals surface area contributed by atoms with Crippen molar-refractivity contribution in [2.75, 3.05) is 13.2 Å². The lowest BCUT2D eigenvalue weighted by Gasteiger charge is -2.31. The van der Waals surface area contributed by atoms with Crippen molar-refractivity contribution >= 4 is 11.3 Å². The molecular formula is C15H18FNOS. The largest absolute Gasteiger partial charge is 0.395 e. The fourth-order valence-corrected chi connectivity index (χ4v) is 2.94. The van der Waals surface area contributed by atoms with E-state index in [0.717, 1.165) is 12.0 Å². The first-order valence-electron chi connectivity index (χ1n) is 6.29. The Hall–Kier alpha value is -1.23. The van der Waals surface area contributed by atoms with Crippen molar-refractivity contribution < 1.29 is 9.50 Å². The van der Waals surface area contributed by atoms with Gasteiger partial charge in [0.05, 0.1) is 6.61 Å². The Morgan fingerprint density at radius 1 is 1.26 bits per heavy atom. The number of nitrogens with two attached hydrogens (primary N) is 1. The van der Waals surface area contributed by atoms with Gasteiger partial charge in [-0.25, -0.2) is 4.39 Å². The maximum Gasteiger partial charge on any atom is 0.123 e. The molecule has 1 unspecified atom stereocenters. The SMILES string of the molecule is NCC(CO)(CCc1cccs1)c1cccc(F)c1. The minimum atomic E-state index is -0.563. The second-order valence-electron chi connectivity index (χ2n) is 4.73. The van der Waals surface area contributed by atoms with Gasteiger partial charge in [-0.05, 0) is 42.0 Å². The molecule has 102 valence electrons. The van der Waals surface area contributed by atoms with Crippen molar-refractivity contribution in [2.24, 2.45) is 5.73 Å². The van der Waals surface area contributed by atoms with E-state index in [-0.39, 0.29) is 12.4 Å². The van der Waals surface area contributed by atoms with Crippen LogP contribution in [0.3, 0.4) is 0 Å². The molecule has 0 saturated heterocycles. The standard InChI is InChI=1S/C15H18FNOS/c16-13-4-1-3-12(9-13)15(10-17,11-18)7-6-14-5-2-8-19-14/h1-5,8-9,18H,6-7,10-11,17H2. The average molecular weight is 279 g/mol. The smallest absolute Gasteiger partial charge is 0.123 e. The van der Waals surface area contributed by atoms with Crippen LogP contribution in [0.2, 0.25) is 0 Å². The number of aliphatic hydroxyl groups is 1. The second-order valence-corrected chi connectivity index (χ2v) is 5.76. The highest BCUT2D eigenvalue weighted by atomic mass is 32.1. The van der Waals surface area contributed by atoms with Crippen LogP contribution in [0.1, 0.15) is 16.9 Å². The molecule has 0 fully saturated rings. The Kier molecular flexibility index (Phi) is 4.69. The fraction of sp³-hybridized carbons (Fsp3) is 0.333. The zero-order valence-electron chi connectivity index (χ0n) is 10.7. The van der Waals surface area contributed by atoms with Gasteiger partial charge in [0.15, 0.2) is 0 Å². The third kappa shape index (κ3) is 3.21. The Bertz CT molecular complexity index is 509. The molecule has 4 heteroatoms. The van der Waals surface area contributed by atoms with Crippen LogP contribution in [0.5, 0.6) is 0 Å². The highest BCUT2D eigenvalue weighted by Gasteiger charge is 2.30. The van der Waals surface area contributed by atoms with E-state index < -0.39 is 5.41 Å². The van der Waals surface area contributed by atoms with E-state index in [9.17, 15) is 9.50 Å². The molecule has 0 amide bonds. The van der Waals surface area contributed by atoms with E-state index in [4.69, 9.17) is 5.73 Å². The highest BCUT2D eigenvalue weighted by Crippen LogP contribution is 2.29. The van der Waals surface area contributed by atoms with E-state index in [0.29, 0.717) is 13.0 Å². The predicted octanol–water partition coefficient (Wildman–Crippen LogP) is 2.71. The second kappa shape index (κ2) is 6.28. The lowest BCUT2D eigenvalue weighted by molar-refractivity contribution is 0.188. The molecule has 0 radical (unpaired) electrons. The van der Waals surface area contributed by atoms with Gasteiger partial charge in [-0.2, -0.15) is 0 Å². The molecular weight excluding hydrogens is 261 g/mol. The van der Waals surface area contributed by atoms with E-state index in [1.165, 1.54) is 17.0 Å². The molecule has 2 nitrogen and oxygen atoms in total. The predicted molar refractivity (Wildman–Crippen MR) is 76.9 cm³/mol. The van der Waals surface area contributed by atoms with Crippen LogP contribution in [0.25, 0.3) is 0 Å². The molecule has 1 atom stereocenters. The summed E-state index contributed by atoms with van der Waals surface area (Å²) in [4.78, 5) is 1.25. The van der Waals surface area contributed by atoms with Gasteiger partial charge < -0.3 is 10.8 Å². The van der Waals surface area contributed by atoms with Crippen LogP contribution < -0.4 is 5.73 Å². The molecule has 2 rings (SSSR count). The number of thiophene rings is 1. The number of hydrogen-bond donors (Lipinski definition) is 2. The van der Waals surface area contributed by atoms with Crippen molar-refractivity contribution in [1.82, 2.24) is 0 Å². The summed E-state index contributed by atoms with van der Waals surface area (Å²) in [7, 11) is 0. The first-order valence-corrected chi connectivity index (χ1v) is 7.17. The number of aliphatic hydroxyl groups excluding tert-OH is 1. The molecule has 2 aromatic rings. The average Bonchev–Trinajstić information content (AvgIpc) is 2.94. The maximum absolute atomic E-state index is 13.4. The van der Waals surface area contributed by atoms with Crippen LogP contribution in [0.15, 0.2) is 41.8 Å². The molecule has 1 aromatic carbocycles. The first-order chi connectivity index (χ1) is 9.20. The minimum Gasteiger partial charge on any atom is -0.395 e. The normalized spacial score (nSPS) is 14.3. The monoisotopic (exact) mass is 279 g/mol. The summed E-state index contributed by atoms with van der Waals surface area (Å²) in [5.41, 5.74) is 6.07. The summed E-state index contributed by atoms with van der Waals surface area (Å²) in [6.07, 6.45) is 1.55. The summed E-state index contributed by atoms with van der Waals surface area (Å²) in [6, 6.07) is 10.4. The van der Waals surface area contributed by atoms with Crippen molar-refractivity contribution in [3.63, 3.8) is 0 Å². The number of hydrogen-bond acceptors (Lipinski definition) is 3. The Morgan fingerprint density at radius 2 is 2.11 bits per heavy atom. The third-order valence-corrected chi connectivity index (χ3v) is 4.50. The van der Waals surface area contributed by atoms with Gasteiger partial charge in [0.1, 0.15) is 5.82 Å². The number of rotatable bonds is 6. The van der Waals surface area contributed by atoms with E-state index in [1.54, 1.807) is 17.4 Å². The van der Waals surface area contributed by atoms with Gasteiger partial charge in [0.2, 0.25) is 0 Å². The maximum atomic E-state index is 13.4. The number of halogens is 1. The molecule has 19 heavy (non-hydrogen) atoms. The molecule has 0 bridgehead atoms. The van der Waals surface area contributed by atoms with E-state index in [1.807, 2.05) is 17.5 Å². The molecule has 0 saturated carbocycles. The summed E-state index contributed by atoms with van der Waals surface area (Å²) >= 11 is 1.69. The van der Waals surface area contributed by atoms with Crippen LogP contribution in [0, 0.1) is 5.82 Å². The van der Waals surface area contributed by atoms with Crippen molar-refractivity contribution in [1.29, 1.82) is 0 Å². The van der Waals surface area contributed by atoms with Gasteiger partial charge >= 0.3 is 0 Å². The summed E-state index contributed by atoms with van der Waals surface area (Å²) in [6.45, 7) is 0.233. The van der Waals surface area contributed by atoms with E-state index >= 15 is 0 Å².